The molecule has 1 aliphatic heterocycles. The van der Waals surface area contributed by atoms with Gasteiger partial charge in [-0.25, -0.2) is 0 Å². The van der Waals surface area contributed by atoms with Gasteiger partial charge in [-0.15, -0.1) is 0 Å². The number of likely N-dealkylation sites (tertiary alicyclic amines) is 1. The molecule has 3 atom stereocenters. The molecule has 0 bridgehead atoms. The van der Waals surface area contributed by atoms with E-state index >= 15 is 0 Å². The van der Waals surface area contributed by atoms with E-state index in [2.05, 4.69) is 13.8 Å². The highest BCUT2D eigenvalue weighted by Gasteiger charge is 2.41. The molecule has 0 aromatic carbocycles. The molecule has 0 aliphatic carbocycles. The summed E-state index contributed by atoms with van der Waals surface area (Å²) < 4.78 is 37.9. The topological polar surface area (TPSA) is 29.3 Å². The number of alkyl halides is 3. The van der Waals surface area contributed by atoms with Crippen molar-refractivity contribution in [1.29, 1.82) is 0 Å². The quantitative estimate of drug-likeness (QED) is 0.833. The molecule has 0 aromatic heterocycles. The summed E-state index contributed by atoms with van der Waals surface area (Å²) in [5.41, 5.74) is 5.99. The van der Waals surface area contributed by atoms with Gasteiger partial charge in [0.05, 0.1) is 5.92 Å². The van der Waals surface area contributed by atoms with E-state index in [1.165, 1.54) is 0 Å². The number of halogens is 3. The Hall–Kier alpha value is -0.290. The molecule has 0 amide bonds. The Balaban J connectivity index is 2.45. The fourth-order valence-corrected chi connectivity index (χ4v) is 2.27. The van der Waals surface area contributed by atoms with Crippen LogP contribution in [0.25, 0.3) is 0 Å². The zero-order valence-electron chi connectivity index (χ0n) is 10.6. The van der Waals surface area contributed by atoms with Gasteiger partial charge in [-0.3, -0.25) is 0 Å². The third-order valence-electron chi connectivity index (χ3n) is 3.81. The molecule has 1 rings (SSSR count). The van der Waals surface area contributed by atoms with Crippen LogP contribution in [0.1, 0.15) is 33.1 Å². The van der Waals surface area contributed by atoms with E-state index in [0.717, 1.165) is 13.0 Å². The standard InChI is InChI=1S/C12H23F3N2/c1-3-9(2)11(16)8-17-6-4-5-10(7-17)12(13,14)15/h9-11H,3-8,16H2,1-2H3. The Bertz CT molecular complexity index is 230. The van der Waals surface area contributed by atoms with E-state index in [1.54, 1.807) is 0 Å². The second kappa shape index (κ2) is 6.05. The summed E-state index contributed by atoms with van der Waals surface area (Å²) >= 11 is 0. The zero-order valence-corrected chi connectivity index (χ0v) is 10.6. The Kier molecular flexibility index (Phi) is 5.25. The van der Waals surface area contributed by atoms with Crippen LogP contribution in [-0.4, -0.2) is 36.8 Å². The Morgan fingerprint density at radius 3 is 2.59 bits per heavy atom. The number of nitrogens with zero attached hydrogens (tertiary/aromatic N) is 1. The predicted octanol–water partition coefficient (Wildman–Crippen LogP) is 2.63. The van der Waals surface area contributed by atoms with Crippen LogP contribution in [0, 0.1) is 11.8 Å². The van der Waals surface area contributed by atoms with Gasteiger partial charge in [0.1, 0.15) is 0 Å². The van der Waals surface area contributed by atoms with Crippen molar-refractivity contribution in [2.75, 3.05) is 19.6 Å². The number of hydrogen-bond acceptors (Lipinski definition) is 2. The maximum Gasteiger partial charge on any atom is 0.393 e. The Morgan fingerprint density at radius 2 is 2.06 bits per heavy atom. The first kappa shape index (κ1) is 14.8. The van der Waals surface area contributed by atoms with Crippen LogP contribution in [0.2, 0.25) is 0 Å². The monoisotopic (exact) mass is 252 g/mol. The minimum atomic E-state index is -4.06. The average Bonchev–Trinajstić information content (AvgIpc) is 2.27. The van der Waals surface area contributed by atoms with E-state index in [9.17, 15) is 13.2 Å². The van der Waals surface area contributed by atoms with Crippen molar-refractivity contribution in [3.8, 4) is 0 Å². The van der Waals surface area contributed by atoms with Crippen molar-refractivity contribution in [2.45, 2.75) is 45.3 Å². The Morgan fingerprint density at radius 1 is 1.41 bits per heavy atom. The SMILES string of the molecule is CCC(C)C(N)CN1CCCC(C(F)(F)F)C1. The highest BCUT2D eigenvalue weighted by molar-refractivity contribution is 4.81. The van der Waals surface area contributed by atoms with Crippen LogP contribution in [0.4, 0.5) is 13.2 Å². The fraction of sp³-hybridized carbons (Fsp3) is 1.00. The van der Waals surface area contributed by atoms with Gasteiger partial charge in [-0.1, -0.05) is 20.3 Å². The van der Waals surface area contributed by atoms with Crippen molar-refractivity contribution in [3.63, 3.8) is 0 Å². The lowest BCUT2D eigenvalue weighted by atomic mass is 9.95. The van der Waals surface area contributed by atoms with E-state index in [4.69, 9.17) is 5.73 Å². The highest BCUT2D eigenvalue weighted by atomic mass is 19.4. The van der Waals surface area contributed by atoms with Gasteiger partial charge in [0.25, 0.3) is 0 Å². The van der Waals surface area contributed by atoms with E-state index in [1.807, 2.05) is 4.90 Å². The molecule has 2 N–H and O–H groups in total. The van der Waals surface area contributed by atoms with Gasteiger partial charge < -0.3 is 10.6 Å². The van der Waals surface area contributed by atoms with Crippen LogP contribution in [0.3, 0.4) is 0 Å². The first-order chi connectivity index (χ1) is 7.84. The zero-order chi connectivity index (χ0) is 13.1. The van der Waals surface area contributed by atoms with E-state index in [0.29, 0.717) is 18.9 Å². The lowest BCUT2D eigenvalue weighted by Crippen LogP contribution is -2.48. The number of nitrogens with two attached hydrogens (primary N) is 1. The summed E-state index contributed by atoms with van der Waals surface area (Å²) in [6.45, 7) is 5.56. The molecule has 5 heteroatoms. The largest absolute Gasteiger partial charge is 0.393 e. The van der Waals surface area contributed by atoms with E-state index in [-0.39, 0.29) is 19.0 Å². The van der Waals surface area contributed by atoms with Crippen molar-refractivity contribution < 1.29 is 13.2 Å². The molecular formula is C12H23F3N2. The fourth-order valence-electron chi connectivity index (χ4n) is 2.27. The first-order valence-corrected chi connectivity index (χ1v) is 6.39. The van der Waals surface area contributed by atoms with Crippen LogP contribution in [0.5, 0.6) is 0 Å². The average molecular weight is 252 g/mol. The molecule has 1 heterocycles. The normalized spacial score (nSPS) is 26.8. The first-order valence-electron chi connectivity index (χ1n) is 6.39. The molecule has 0 aromatic rings. The molecule has 3 unspecified atom stereocenters. The minimum absolute atomic E-state index is 0.0213. The molecule has 2 nitrogen and oxygen atoms in total. The van der Waals surface area contributed by atoms with Crippen molar-refractivity contribution >= 4 is 0 Å². The van der Waals surface area contributed by atoms with Gasteiger partial charge in [-0.05, 0) is 25.3 Å². The molecule has 1 fully saturated rings. The highest BCUT2D eigenvalue weighted by Crippen LogP contribution is 2.33. The summed E-state index contributed by atoms with van der Waals surface area (Å²) in [4.78, 5) is 1.87. The third-order valence-corrected chi connectivity index (χ3v) is 3.81. The third kappa shape index (κ3) is 4.47. The second-order valence-electron chi connectivity index (χ2n) is 5.19. The molecule has 1 aliphatic rings. The van der Waals surface area contributed by atoms with Gasteiger partial charge in [0.2, 0.25) is 0 Å². The molecule has 0 spiro atoms. The number of piperidine rings is 1. The summed E-state index contributed by atoms with van der Waals surface area (Å²) in [5, 5.41) is 0. The van der Waals surface area contributed by atoms with Crippen LogP contribution < -0.4 is 5.73 Å². The van der Waals surface area contributed by atoms with E-state index < -0.39 is 12.1 Å². The van der Waals surface area contributed by atoms with Crippen LogP contribution in [0.15, 0.2) is 0 Å². The summed E-state index contributed by atoms with van der Waals surface area (Å²) in [7, 11) is 0. The number of rotatable bonds is 4. The lowest BCUT2D eigenvalue weighted by molar-refractivity contribution is -0.186. The molecule has 0 saturated carbocycles. The summed E-state index contributed by atoms with van der Waals surface area (Å²) in [6.07, 6.45) is -2.20. The second-order valence-corrected chi connectivity index (χ2v) is 5.19. The van der Waals surface area contributed by atoms with Crippen LogP contribution >= 0.6 is 0 Å². The maximum atomic E-state index is 12.6. The molecule has 0 radical (unpaired) electrons. The predicted molar refractivity (Wildman–Crippen MR) is 62.6 cm³/mol. The lowest BCUT2D eigenvalue weighted by Gasteiger charge is -2.36. The summed E-state index contributed by atoms with van der Waals surface area (Å²) in [6, 6.07) is -0.0213. The van der Waals surface area contributed by atoms with Gasteiger partial charge in [0.15, 0.2) is 0 Å². The van der Waals surface area contributed by atoms with Gasteiger partial charge >= 0.3 is 6.18 Å². The smallest absolute Gasteiger partial charge is 0.326 e. The van der Waals surface area contributed by atoms with Gasteiger partial charge in [-0.2, -0.15) is 13.2 Å². The number of hydrogen-bond donors (Lipinski definition) is 1. The van der Waals surface area contributed by atoms with Crippen molar-refractivity contribution in [2.24, 2.45) is 17.6 Å². The molecule has 17 heavy (non-hydrogen) atoms. The molecular weight excluding hydrogens is 229 g/mol. The van der Waals surface area contributed by atoms with Crippen molar-refractivity contribution in [1.82, 2.24) is 4.90 Å². The Labute approximate surface area is 101 Å². The molecule has 1 saturated heterocycles. The maximum absolute atomic E-state index is 12.6. The minimum Gasteiger partial charge on any atom is -0.326 e. The van der Waals surface area contributed by atoms with Crippen LogP contribution in [-0.2, 0) is 0 Å². The van der Waals surface area contributed by atoms with Gasteiger partial charge in [0, 0.05) is 19.1 Å². The molecule has 102 valence electrons. The van der Waals surface area contributed by atoms with Crippen molar-refractivity contribution in [3.05, 3.63) is 0 Å². The summed E-state index contributed by atoms with van der Waals surface area (Å²) in [5.74, 6) is -0.804.